The van der Waals surface area contributed by atoms with E-state index in [0.29, 0.717) is 69.5 Å². The molecule has 2 spiro atoms. The summed E-state index contributed by atoms with van der Waals surface area (Å²) in [5.41, 5.74) is 21.2. The van der Waals surface area contributed by atoms with Crippen molar-refractivity contribution in [1.29, 1.82) is 0 Å². The van der Waals surface area contributed by atoms with E-state index in [2.05, 4.69) is 270 Å². The van der Waals surface area contributed by atoms with Gasteiger partial charge in [-0.05, 0) is 27.7 Å². The molecular formula is C68H116Ge2N4O2S2Si2. The Morgan fingerprint density at radius 3 is 0.550 bits per heavy atom. The SMILES string of the molecule is CC(C)c1cccc(C(C)C)c1[N]1[Si](C(C)C)(C(C)C)[N](c2c(C(C)C)cccc2C(C)C)[Ge]12[S][Ge]1([S]2)[N](c2c(C(C)C)cccc2C(C)C)[Si](C(C)C)(C(C)C)[N]1c1c(C(C)C)cccc1C(C)C.CCOCC.CCOCC. The Bertz CT molecular complexity index is 2190. The molecule has 3 fully saturated rings. The Hall–Kier alpha value is -1.78. The Balaban J connectivity index is 0.00000108. The van der Waals surface area contributed by atoms with Crippen LogP contribution in [0.2, 0.25) is 22.2 Å². The van der Waals surface area contributed by atoms with Crippen molar-refractivity contribution >= 4 is 79.2 Å². The standard InChI is InChI=1S/C60H96Ge2N4S2Si2.2C4H10O/c1-37(2)49-29-25-30-50(38(3)4)57(49)63-61(64(69(63,45(17)18)46(19)20)58-51(39(5)6)31-26-32-52(58)40(7)8)67-62(68-61)65(59-53(41(9)10)33-27-34-54(59)42(11)12)70(47(21)22,48(23)24)66(62)60-55(43(13)14)35-28-36-56(60)44(15)16;2*1-3-5-4-2/h25-48H,1-24H3;2*3-4H2,1-2H3. The van der Waals surface area contributed by atoms with Crippen molar-refractivity contribution in [1.82, 2.24) is 0 Å². The van der Waals surface area contributed by atoms with Gasteiger partial charge in [-0.25, -0.2) is 0 Å². The number of para-hydroxylation sites is 4. The summed E-state index contributed by atoms with van der Waals surface area (Å²) >= 11 is -7.27. The van der Waals surface area contributed by atoms with Crippen molar-refractivity contribution in [3.8, 4) is 0 Å². The zero-order valence-corrected chi connectivity index (χ0v) is 63.9. The average Bonchev–Trinajstić information content (AvgIpc) is 3.35. The van der Waals surface area contributed by atoms with Gasteiger partial charge in [0.2, 0.25) is 0 Å². The van der Waals surface area contributed by atoms with E-state index in [0.717, 1.165) is 26.4 Å². The topological polar surface area (TPSA) is 31.4 Å². The first kappa shape index (κ1) is 69.0. The predicted molar refractivity (Wildman–Crippen MR) is 371 cm³/mol. The number of anilines is 4. The van der Waals surface area contributed by atoms with Gasteiger partial charge in [0.25, 0.3) is 0 Å². The summed E-state index contributed by atoms with van der Waals surface area (Å²) in [5, 5.41) is 0. The maximum Gasteiger partial charge on any atom is 0.0437 e. The van der Waals surface area contributed by atoms with Crippen LogP contribution in [0.4, 0.5) is 22.7 Å². The van der Waals surface area contributed by atoms with Crippen molar-refractivity contribution in [3.63, 3.8) is 0 Å². The monoisotopic (exact) mass is 1290 g/mol. The second-order valence-electron chi connectivity index (χ2n) is 26.8. The molecular weight excluding hydrogens is 1170 g/mol. The summed E-state index contributed by atoms with van der Waals surface area (Å²) < 4.78 is 23.5. The second-order valence-corrected chi connectivity index (χ2v) is 79.3. The zero-order chi connectivity index (χ0) is 60.3. The molecule has 0 unspecified atom stereocenters. The first-order valence-corrected chi connectivity index (χ1v) is 51.5. The van der Waals surface area contributed by atoms with Crippen LogP contribution >= 0.6 is 16.8 Å². The molecule has 0 aromatic heterocycles. The van der Waals surface area contributed by atoms with Gasteiger partial charge >= 0.3 is 446 Å². The van der Waals surface area contributed by atoms with Gasteiger partial charge in [0.15, 0.2) is 0 Å². The fourth-order valence-electron chi connectivity index (χ4n) is 14.1. The van der Waals surface area contributed by atoms with Crippen molar-refractivity contribution in [2.45, 2.75) is 263 Å². The maximum atomic E-state index is 4.83. The van der Waals surface area contributed by atoms with Crippen molar-refractivity contribution in [3.05, 3.63) is 117 Å². The third kappa shape index (κ3) is 11.9. The fraction of sp³-hybridized carbons (Fsp3) is 0.647. The number of rotatable bonds is 20. The van der Waals surface area contributed by atoms with E-state index in [-0.39, 0.29) is 0 Å². The van der Waals surface area contributed by atoms with Crippen LogP contribution in [0.3, 0.4) is 0 Å². The number of benzene rings is 4. The van der Waals surface area contributed by atoms with Gasteiger partial charge in [-0.2, -0.15) is 0 Å². The molecule has 0 bridgehead atoms. The number of nitrogens with zero attached hydrogens (tertiary/aromatic N) is 4. The molecule has 0 saturated carbocycles. The van der Waals surface area contributed by atoms with E-state index < -0.39 is 39.6 Å². The van der Waals surface area contributed by atoms with Gasteiger partial charge in [0.05, 0.1) is 0 Å². The van der Waals surface area contributed by atoms with Gasteiger partial charge < -0.3 is 9.47 Å². The largest absolute Gasteiger partial charge is 0.382 e. The predicted octanol–water partition coefficient (Wildman–Crippen LogP) is 22.0. The average molecular weight is 1290 g/mol. The van der Waals surface area contributed by atoms with Gasteiger partial charge in [-0.1, -0.05) is 0 Å². The molecule has 0 amide bonds. The van der Waals surface area contributed by atoms with Crippen LogP contribution in [0.25, 0.3) is 0 Å². The normalized spacial score (nSPS) is 17.1. The van der Waals surface area contributed by atoms with E-state index in [1.54, 1.807) is 67.3 Å². The number of ether oxygens (including phenoxy) is 2. The van der Waals surface area contributed by atoms with Gasteiger partial charge in [-0.15, -0.1) is 0 Å². The van der Waals surface area contributed by atoms with E-state index in [4.69, 9.17) is 9.47 Å². The minimum absolute atomic E-state index is 0.421. The van der Waals surface area contributed by atoms with Gasteiger partial charge in [0.1, 0.15) is 0 Å². The van der Waals surface area contributed by atoms with E-state index in [9.17, 15) is 0 Å². The third-order valence-corrected chi connectivity index (χ3v) is 134. The molecule has 448 valence electrons. The van der Waals surface area contributed by atoms with Crippen molar-refractivity contribution in [2.75, 3.05) is 40.5 Å². The molecule has 0 aliphatic carbocycles. The van der Waals surface area contributed by atoms with E-state index >= 15 is 0 Å². The van der Waals surface area contributed by atoms with Crippen LogP contribution in [0.5, 0.6) is 0 Å². The second kappa shape index (κ2) is 28.2. The molecule has 0 radical (unpaired) electrons. The molecule has 3 aliphatic heterocycles. The van der Waals surface area contributed by atoms with Crippen LogP contribution in [-0.4, -0.2) is 66.1 Å². The van der Waals surface area contributed by atoms with Gasteiger partial charge in [0, 0.05) is 26.4 Å². The number of hydrogen-bond acceptors (Lipinski definition) is 8. The summed E-state index contributed by atoms with van der Waals surface area (Å²) in [5.74, 6) is 3.37. The third-order valence-electron chi connectivity index (χ3n) is 17.6. The van der Waals surface area contributed by atoms with Crippen molar-refractivity contribution in [2.24, 2.45) is 0 Å². The smallest absolute Gasteiger partial charge is 0.0437 e. The molecule has 3 aliphatic rings. The van der Waals surface area contributed by atoms with Crippen LogP contribution in [-0.2, 0) is 9.47 Å². The van der Waals surface area contributed by atoms with Crippen LogP contribution < -0.4 is 14.1 Å². The Morgan fingerprint density at radius 1 is 0.300 bits per heavy atom. The van der Waals surface area contributed by atoms with Gasteiger partial charge in [-0.3, -0.25) is 0 Å². The molecule has 3 heterocycles. The Morgan fingerprint density at radius 2 is 0.450 bits per heavy atom. The maximum absolute atomic E-state index is 4.83. The summed E-state index contributed by atoms with van der Waals surface area (Å²) in [6.07, 6.45) is 0. The van der Waals surface area contributed by atoms with Crippen molar-refractivity contribution < 1.29 is 9.47 Å². The molecule has 3 saturated heterocycles. The molecule has 7 rings (SSSR count). The molecule has 4 aromatic carbocycles. The van der Waals surface area contributed by atoms with Crippen LogP contribution in [0.15, 0.2) is 72.8 Å². The Labute approximate surface area is 505 Å². The molecule has 0 N–H and O–H groups in total. The number of hydrogen-bond donors (Lipinski definition) is 0. The van der Waals surface area contributed by atoms with Crippen LogP contribution in [0.1, 0.15) is 286 Å². The van der Waals surface area contributed by atoms with Crippen LogP contribution in [0, 0.1) is 0 Å². The molecule has 4 aromatic rings. The quantitative estimate of drug-likeness (QED) is 0.0810. The fourth-order valence-corrected chi connectivity index (χ4v) is 198. The Kier molecular flexibility index (Phi) is 24.3. The summed E-state index contributed by atoms with van der Waals surface area (Å²) in [6.45, 7) is 72.2. The van der Waals surface area contributed by atoms with E-state index in [1.165, 1.54) is 0 Å². The minimum atomic E-state index is -3.64. The zero-order valence-electron chi connectivity index (χ0n) is 56.1. The molecule has 80 heavy (non-hydrogen) atoms. The summed E-state index contributed by atoms with van der Waals surface area (Å²) in [7, 11) is 0.249. The molecule has 12 heteroatoms. The minimum Gasteiger partial charge on any atom is -0.382 e. The molecule has 0 atom stereocenters. The summed E-state index contributed by atoms with van der Waals surface area (Å²) in [6, 6.07) is 29.9. The first-order chi connectivity index (χ1) is 37.5. The van der Waals surface area contributed by atoms with E-state index in [1.807, 2.05) is 27.7 Å². The summed E-state index contributed by atoms with van der Waals surface area (Å²) in [4.78, 5) is 0. The molecule has 6 nitrogen and oxygen atoms in total. The first-order valence-electron chi connectivity index (χ1n) is 31.8.